The standard InChI is InChI=1S/C10H22N2OS/c11-7-10(9-3-6-14-8-9)12-4-1-2-5-13/h9-10,12-13H,1-8,11H2. The molecule has 0 aromatic heterocycles. The third kappa shape index (κ3) is 4.17. The molecule has 0 aromatic carbocycles. The van der Waals surface area contributed by atoms with Crippen LogP contribution in [-0.4, -0.2) is 42.4 Å². The molecule has 1 saturated heterocycles. The molecule has 4 heteroatoms. The summed E-state index contributed by atoms with van der Waals surface area (Å²) >= 11 is 2.03. The Morgan fingerprint density at radius 2 is 2.36 bits per heavy atom. The van der Waals surface area contributed by atoms with E-state index in [1.165, 1.54) is 17.9 Å². The largest absolute Gasteiger partial charge is 0.396 e. The normalized spacial score (nSPS) is 24.0. The number of rotatable bonds is 7. The third-order valence-corrected chi connectivity index (χ3v) is 3.97. The summed E-state index contributed by atoms with van der Waals surface area (Å²) in [6.07, 6.45) is 3.25. The molecule has 0 aromatic rings. The van der Waals surface area contributed by atoms with Gasteiger partial charge in [-0.25, -0.2) is 0 Å². The number of hydrogen-bond donors (Lipinski definition) is 3. The van der Waals surface area contributed by atoms with E-state index >= 15 is 0 Å². The van der Waals surface area contributed by atoms with Gasteiger partial charge in [-0.3, -0.25) is 0 Å². The van der Waals surface area contributed by atoms with Crippen molar-refractivity contribution in [3.05, 3.63) is 0 Å². The van der Waals surface area contributed by atoms with Crippen LogP contribution >= 0.6 is 11.8 Å². The Morgan fingerprint density at radius 3 is 2.93 bits per heavy atom. The van der Waals surface area contributed by atoms with Crippen LogP contribution in [0.15, 0.2) is 0 Å². The number of hydrogen-bond acceptors (Lipinski definition) is 4. The summed E-state index contributed by atoms with van der Waals surface area (Å²) in [5.74, 6) is 3.31. The molecule has 1 fully saturated rings. The number of aliphatic hydroxyl groups excluding tert-OH is 1. The second-order valence-electron chi connectivity index (χ2n) is 3.85. The Morgan fingerprint density at radius 1 is 1.50 bits per heavy atom. The van der Waals surface area contributed by atoms with Crippen molar-refractivity contribution in [3.63, 3.8) is 0 Å². The van der Waals surface area contributed by atoms with Gasteiger partial charge < -0.3 is 16.2 Å². The highest BCUT2D eigenvalue weighted by atomic mass is 32.2. The minimum Gasteiger partial charge on any atom is -0.396 e. The summed E-state index contributed by atoms with van der Waals surface area (Å²) in [5, 5.41) is 12.1. The zero-order chi connectivity index (χ0) is 10.2. The summed E-state index contributed by atoms with van der Waals surface area (Å²) in [6.45, 7) is 2.03. The molecular weight excluding hydrogens is 196 g/mol. The maximum atomic E-state index is 8.64. The van der Waals surface area contributed by atoms with E-state index in [0.29, 0.717) is 12.6 Å². The molecular formula is C10H22N2OS. The van der Waals surface area contributed by atoms with Crippen molar-refractivity contribution in [2.75, 3.05) is 31.2 Å². The van der Waals surface area contributed by atoms with Crippen LogP contribution in [0.2, 0.25) is 0 Å². The molecule has 1 rings (SSSR count). The molecule has 1 aliphatic heterocycles. The van der Waals surface area contributed by atoms with E-state index < -0.39 is 0 Å². The Hall–Kier alpha value is 0.230. The highest BCUT2D eigenvalue weighted by molar-refractivity contribution is 7.99. The van der Waals surface area contributed by atoms with Crippen LogP contribution in [0.4, 0.5) is 0 Å². The lowest BCUT2D eigenvalue weighted by molar-refractivity contribution is 0.280. The first-order valence-electron chi connectivity index (χ1n) is 5.50. The predicted octanol–water partition coefficient (Wildman–Crippen LogP) is 0.429. The molecule has 0 saturated carbocycles. The summed E-state index contributed by atoms with van der Waals surface area (Å²) in [6, 6.07) is 0.490. The van der Waals surface area contributed by atoms with E-state index in [1.54, 1.807) is 0 Å². The first-order valence-corrected chi connectivity index (χ1v) is 6.66. The molecule has 0 spiro atoms. The van der Waals surface area contributed by atoms with Gasteiger partial charge in [0.15, 0.2) is 0 Å². The fraction of sp³-hybridized carbons (Fsp3) is 1.00. The first kappa shape index (κ1) is 12.3. The van der Waals surface area contributed by atoms with E-state index in [1.807, 2.05) is 11.8 Å². The van der Waals surface area contributed by atoms with E-state index in [-0.39, 0.29) is 0 Å². The van der Waals surface area contributed by atoms with Crippen LogP contribution in [0.5, 0.6) is 0 Å². The zero-order valence-corrected chi connectivity index (χ0v) is 9.56. The van der Waals surface area contributed by atoms with Gasteiger partial charge in [-0.2, -0.15) is 11.8 Å². The van der Waals surface area contributed by atoms with E-state index in [4.69, 9.17) is 10.8 Å². The van der Waals surface area contributed by atoms with Gasteiger partial charge in [0, 0.05) is 19.2 Å². The van der Waals surface area contributed by atoms with Crippen molar-refractivity contribution < 1.29 is 5.11 Å². The maximum absolute atomic E-state index is 8.64. The maximum Gasteiger partial charge on any atom is 0.0431 e. The quantitative estimate of drug-likeness (QED) is 0.542. The van der Waals surface area contributed by atoms with Gasteiger partial charge >= 0.3 is 0 Å². The van der Waals surface area contributed by atoms with Gasteiger partial charge in [0.1, 0.15) is 0 Å². The van der Waals surface area contributed by atoms with Gasteiger partial charge in [0.05, 0.1) is 0 Å². The molecule has 84 valence electrons. The highest BCUT2D eigenvalue weighted by Gasteiger charge is 2.23. The fourth-order valence-corrected chi connectivity index (χ4v) is 3.17. The van der Waals surface area contributed by atoms with E-state index in [2.05, 4.69) is 5.32 Å². The van der Waals surface area contributed by atoms with Crippen LogP contribution in [-0.2, 0) is 0 Å². The van der Waals surface area contributed by atoms with Crippen LogP contribution in [0.1, 0.15) is 19.3 Å². The third-order valence-electron chi connectivity index (χ3n) is 2.78. The monoisotopic (exact) mass is 218 g/mol. The molecule has 0 radical (unpaired) electrons. The fourth-order valence-electron chi connectivity index (χ4n) is 1.84. The number of nitrogens with two attached hydrogens (primary N) is 1. The minimum atomic E-state index is 0.300. The summed E-state index contributed by atoms with van der Waals surface area (Å²) in [5.41, 5.74) is 5.75. The number of unbranched alkanes of at least 4 members (excludes halogenated alkanes) is 1. The molecule has 2 atom stereocenters. The smallest absolute Gasteiger partial charge is 0.0431 e. The second kappa shape index (κ2) is 7.51. The predicted molar refractivity (Wildman–Crippen MR) is 62.6 cm³/mol. The summed E-state index contributed by atoms with van der Waals surface area (Å²) in [7, 11) is 0. The Balaban J connectivity index is 2.11. The minimum absolute atomic E-state index is 0.300. The molecule has 0 amide bonds. The lowest BCUT2D eigenvalue weighted by Crippen LogP contribution is -2.42. The van der Waals surface area contributed by atoms with Gasteiger partial charge in [-0.1, -0.05) is 0 Å². The Kier molecular flexibility index (Phi) is 6.60. The first-order chi connectivity index (χ1) is 6.88. The average Bonchev–Trinajstić information content (AvgIpc) is 2.71. The molecule has 2 unspecified atom stereocenters. The lowest BCUT2D eigenvalue weighted by atomic mass is 9.99. The van der Waals surface area contributed by atoms with Crippen molar-refractivity contribution in [2.45, 2.75) is 25.3 Å². The van der Waals surface area contributed by atoms with Gasteiger partial charge in [-0.05, 0) is 43.2 Å². The molecule has 0 bridgehead atoms. The zero-order valence-electron chi connectivity index (χ0n) is 8.74. The average molecular weight is 218 g/mol. The molecule has 0 aliphatic carbocycles. The Labute approximate surface area is 90.8 Å². The number of aliphatic hydroxyl groups is 1. The van der Waals surface area contributed by atoms with Crippen LogP contribution < -0.4 is 11.1 Å². The topological polar surface area (TPSA) is 58.3 Å². The molecule has 14 heavy (non-hydrogen) atoms. The Bertz CT molecular complexity index is 140. The SMILES string of the molecule is NCC(NCCCCO)C1CCSC1. The number of thioether (sulfide) groups is 1. The van der Waals surface area contributed by atoms with Crippen LogP contribution in [0.3, 0.4) is 0 Å². The van der Waals surface area contributed by atoms with Crippen LogP contribution in [0.25, 0.3) is 0 Å². The summed E-state index contributed by atoms with van der Waals surface area (Å²) < 4.78 is 0. The van der Waals surface area contributed by atoms with Gasteiger partial charge in [-0.15, -0.1) is 0 Å². The second-order valence-corrected chi connectivity index (χ2v) is 5.00. The number of nitrogens with one attached hydrogen (secondary N) is 1. The molecule has 1 aliphatic rings. The van der Waals surface area contributed by atoms with Crippen molar-refractivity contribution in [3.8, 4) is 0 Å². The molecule has 4 N–H and O–H groups in total. The highest BCUT2D eigenvalue weighted by Crippen LogP contribution is 2.25. The van der Waals surface area contributed by atoms with Crippen molar-refractivity contribution >= 4 is 11.8 Å². The molecule has 1 heterocycles. The lowest BCUT2D eigenvalue weighted by Gasteiger charge is -2.22. The van der Waals surface area contributed by atoms with Gasteiger partial charge in [0.25, 0.3) is 0 Å². The van der Waals surface area contributed by atoms with Crippen LogP contribution in [0, 0.1) is 5.92 Å². The summed E-state index contributed by atoms with van der Waals surface area (Å²) in [4.78, 5) is 0. The van der Waals surface area contributed by atoms with E-state index in [0.717, 1.165) is 31.8 Å². The van der Waals surface area contributed by atoms with Crippen molar-refractivity contribution in [2.24, 2.45) is 11.7 Å². The van der Waals surface area contributed by atoms with Crippen molar-refractivity contribution in [1.29, 1.82) is 0 Å². The van der Waals surface area contributed by atoms with Gasteiger partial charge in [0.2, 0.25) is 0 Å². The van der Waals surface area contributed by atoms with E-state index in [9.17, 15) is 0 Å². The van der Waals surface area contributed by atoms with Crippen molar-refractivity contribution in [1.82, 2.24) is 5.32 Å². The molecule has 3 nitrogen and oxygen atoms in total.